The van der Waals surface area contributed by atoms with E-state index in [9.17, 15) is 8.78 Å². The maximum Gasteiger partial charge on any atom is 0.128 e. The van der Waals surface area contributed by atoms with E-state index in [1.54, 1.807) is 18.1 Å². The van der Waals surface area contributed by atoms with Crippen molar-refractivity contribution in [3.8, 4) is 0 Å². The van der Waals surface area contributed by atoms with Gasteiger partial charge in [-0.3, -0.25) is 10.1 Å². The van der Waals surface area contributed by atoms with Gasteiger partial charge in [-0.25, -0.2) is 8.78 Å². The molecule has 0 bridgehead atoms. The summed E-state index contributed by atoms with van der Waals surface area (Å²) in [6, 6.07) is 15.2. The van der Waals surface area contributed by atoms with Crippen LogP contribution in [0.5, 0.6) is 0 Å². The SMILES string of the molecule is CN(Cc1ccc2[nH]nc(/C=C/c3ccccn3)c2c1)c1cc(F)cc(F)c1. The third-order valence-electron chi connectivity index (χ3n) is 4.46. The third-order valence-corrected chi connectivity index (χ3v) is 4.46. The first-order chi connectivity index (χ1) is 13.6. The van der Waals surface area contributed by atoms with Crippen LogP contribution >= 0.6 is 0 Å². The number of aromatic amines is 1. The number of aromatic nitrogens is 3. The number of rotatable bonds is 5. The van der Waals surface area contributed by atoms with Gasteiger partial charge >= 0.3 is 0 Å². The Morgan fingerprint density at radius 1 is 1.00 bits per heavy atom. The van der Waals surface area contributed by atoms with Gasteiger partial charge in [-0.05, 0) is 54.1 Å². The van der Waals surface area contributed by atoms with E-state index in [2.05, 4.69) is 15.2 Å². The first kappa shape index (κ1) is 17.9. The van der Waals surface area contributed by atoms with Gasteiger partial charge in [0.1, 0.15) is 11.6 Å². The van der Waals surface area contributed by atoms with Crippen LogP contribution in [0.2, 0.25) is 0 Å². The Bertz CT molecular complexity index is 1120. The second-order valence-electron chi connectivity index (χ2n) is 6.56. The molecule has 0 atom stereocenters. The maximum atomic E-state index is 13.5. The molecule has 0 amide bonds. The molecule has 4 aromatic rings. The van der Waals surface area contributed by atoms with E-state index >= 15 is 0 Å². The lowest BCUT2D eigenvalue weighted by Gasteiger charge is -2.19. The molecule has 0 unspecified atom stereocenters. The topological polar surface area (TPSA) is 44.8 Å². The quantitative estimate of drug-likeness (QED) is 0.531. The van der Waals surface area contributed by atoms with Gasteiger partial charge in [0.2, 0.25) is 0 Å². The molecule has 0 aliphatic rings. The van der Waals surface area contributed by atoms with E-state index in [1.165, 1.54) is 12.1 Å². The summed E-state index contributed by atoms with van der Waals surface area (Å²) in [5, 5.41) is 8.35. The van der Waals surface area contributed by atoms with Crippen LogP contribution in [0.3, 0.4) is 0 Å². The average molecular weight is 376 g/mol. The number of pyridine rings is 1. The van der Waals surface area contributed by atoms with Gasteiger partial charge in [0.05, 0.1) is 16.9 Å². The molecule has 4 nitrogen and oxygen atoms in total. The zero-order valence-corrected chi connectivity index (χ0v) is 15.2. The first-order valence-electron chi connectivity index (χ1n) is 8.82. The monoisotopic (exact) mass is 376 g/mol. The highest BCUT2D eigenvalue weighted by atomic mass is 19.1. The van der Waals surface area contributed by atoms with Crippen molar-refractivity contribution in [1.29, 1.82) is 0 Å². The normalized spacial score (nSPS) is 11.4. The van der Waals surface area contributed by atoms with Crippen LogP contribution in [0.1, 0.15) is 17.0 Å². The highest BCUT2D eigenvalue weighted by Crippen LogP contribution is 2.23. The summed E-state index contributed by atoms with van der Waals surface area (Å²) < 4.78 is 27.0. The van der Waals surface area contributed by atoms with Crippen molar-refractivity contribution >= 4 is 28.7 Å². The predicted molar refractivity (Wildman–Crippen MR) is 108 cm³/mol. The van der Waals surface area contributed by atoms with Gasteiger partial charge < -0.3 is 4.90 Å². The van der Waals surface area contributed by atoms with Crippen molar-refractivity contribution in [2.75, 3.05) is 11.9 Å². The zero-order valence-electron chi connectivity index (χ0n) is 15.2. The largest absolute Gasteiger partial charge is 0.370 e. The number of nitrogens with zero attached hydrogens (tertiary/aromatic N) is 3. The van der Waals surface area contributed by atoms with Crippen molar-refractivity contribution in [1.82, 2.24) is 15.2 Å². The second kappa shape index (κ2) is 7.60. The molecule has 0 spiro atoms. The fraction of sp³-hybridized carbons (Fsp3) is 0.0909. The van der Waals surface area contributed by atoms with Crippen LogP contribution in [-0.4, -0.2) is 22.2 Å². The minimum atomic E-state index is -0.589. The van der Waals surface area contributed by atoms with Gasteiger partial charge in [-0.2, -0.15) is 5.10 Å². The number of benzene rings is 2. The van der Waals surface area contributed by atoms with E-state index in [-0.39, 0.29) is 0 Å². The molecule has 0 fully saturated rings. The number of hydrogen-bond donors (Lipinski definition) is 1. The molecule has 4 rings (SSSR count). The van der Waals surface area contributed by atoms with Gasteiger partial charge in [0.15, 0.2) is 0 Å². The van der Waals surface area contributed by atoms with E-state index in [0.717, 1.165) is 33.9 Å². The predicted octanol–water partition coefficient (Wildman–Crippen LogP) is 5.04. The number of H-pyrrole nitrogens is 1. The summed E-state index contributed by atoms with van der Waals surface area (Å²) >= 11 is 0. The lowest BCUT2D eigenvalue weighted by molar-refractivity contribution is 0.582. The fourth-order valence-electron chi connectivity index (χ4n) is 3.07. The van der Waals surface area contributed by atoms with Gasteiger partial charge in [-0.15, -0.1) is 0 Å². The smallest absolute Gasteiger partial charge is 0.128 e. The maximum absolute atomic E-state index is 13.5. The van der Waals surface area contributed by atoms with E-state index in [0.29, 0.717) is 12.2 Å². The molecule has 0 radical (unpaired) electrons. The van der Waals surface area contributed by atoms with Crippen LogP contribution in [0, 0.1) is 11.6 Å². The minimum Gasteiger partial charge on any atom is -0.370 e. The molecule has 0 saturated heterocycles. The van der Waals surface area contributed by atoms with E-state index in [1.807, 2.05) is 48.6 Å². The van der Waals surface area contributed by atoms with Crippen LogP contribution in [-0.2, 0) is 6.54 Å². The summed E-state index contributed by atoms with van der Waals surface area (Å²) in [6.07, 6.45) is 5.56. The Hall–Kier alpha value is -3.54. The third kappa shape index (κ3) is 3.91. The Morgan fingerprint density at radius 2 is 1.82 bits per heavy atom. The second-order valence-corrected chi connectivity index (χ2v) is 6.56. The summed E-state index contributed by atoms with van der Waals surface area (Å²) in [5.41, 5.74) is 4.07. The van der Waals surface area contributed by atoms with Gasteiger partial charge in [0, 0.05) is 36.9 Å². The van der Waals surface area contributed by atoms with Crippen LogP contribution < -0.4 is 4.90 Å². The standard InChI is InChI=1S/C22H18F2N4/c1-28(19-12-16(23)11-17(24)13-19)14-15-5-7-21-20(10-15)22(27-26-21)8-6-18-4-2-3-9-25-18/h2-13H,14H2,1H3,(H,26,27)/b8-6+. The first-order valence-corrected chi connectivity index (χ1v) is 8.82. The Balaban J connectivity index is 1.59. The highest BCUT2D eigenvalue weighted by molar-refractivity contribution is 5.89. The van der Waals surface area contributed by atoms with Crippen molar-refractivity contribution in [2.45, 2.75) is 6.54 Å². The van der Waals surface area contributed by atoms with Gasteiger partial charge in [0.25, 0.3) is 0 Å². The number of fused-ring (bicyclic) bond motifs is 1. The molecular weight excluding hydrogens is 358 g/mol. The molecular formula is C22H18F2N4. The number of hydrogen-bond acceptors (Lipinski definition) is 3. The number of anilines is 1. The molecule has 140 valence electrons. The molecule has 0 aliphatic heterocycles. The van der Waals surface area contributed by atoms with E-state index in [4.69, 9.17) is 0 Å². The molecule has 28 heavy (non-hydrogen) atoms. The highest BCUT2D eigenvalue weighted by Gasteiger charge is 2.09. The lowest BCUT2D eigenvalue weighted by atomic mass is 10.1. The zero-order chi connectivity index (χ0) is 19.5. The van der Waals surface area contributed by atoms with Crippen LogP contribution in [0.15, 0.2) is 60.8 Å². The molecule has 2 heterocycles. The Morgan fingerprint density at radius 3 is 2.57 bits per heavy atom. The summed E-state index contributed by atoms with van der Waals surface area (Å²) in [7, 11) is 1.80. The number of nitrogens with one attached hydrogen (secondary N) is 1. The van der Waals surface area contributed by atoms with E-state index < -0.39 is 11.6 Å². The van der Waals surface area contributed by atoms with Crippen molar-refractivity contribution in [3.63, 3.8) is 0 Å². The van der Waals surface area contributed by atoms with Crippen molar-refractivity contribution in [2.24, 2.45) is 0 Å². The Kier molecular flexibility index (Phi) is 4.85. The van der Waals surface area contributed by atoms with Crippen LogP contribution in [0.25, 0.3) is 23.1 Å². The summed E-state index contributed by atoms with van der Waals surface area (Å²) in [4.78, 5) is 6.07. The minimum absolute atomic E-state index is 0.486. The fourth-order valence-corrected chi connectivity index (χ4v) is 3.07. The molecule has 1 N–H and O–H groups in total. The molecule has 6 heteroatoms. The number of halogens is 2. The Labute approximate surface area is 161 Å². The van der Waals surface area contributed by atoms with Crippen LogP contribution in [0.4, 0.5) is 14.5 Å². The van der Waals surface area contributed by atoms with Crippen molar-refractivity contribution < 1.29 is 8.78 Å². The lowest BCUT2D eigenvalue weighted by Crippen LogP contribution is -2.16. The molecule has 0 saturated carbocycles. The summed E-state index contributed by atoms with van der Waals surface area (Å²) in [5.74, 6) is -1.18. The molecule has 0 aliphatic carbocycles. The molecule has 2 aromatic carbocycles. The summed E-state index contributed by atoms with van der Waals surface area (Å²) in [6.45, 7) is 0.507. The van der Waals surface area contributed by atoms with Gasteiger partial charge in [-0.1, -0.05) is 12.1 Å². The average Bonchev–Trinajstić information content (AvgIpc) is 3.09. The van der Waals surface area contributed by atoms with Crippen molar-refractivity contribution in [3.05, 3.63) is 89.4 Å². The molecule has 2 aromatic heterocycles.